The molecule has 0 aliphatic carbocycles. The molecule has 0 aromatic heterocycles. The van der Waals surface area contributed by atoms with Gasteiger partial charge >= 0.3 is 5.97 Å². The van der Waals surface area contributed by atoms with Crippen LogP contribution in [0.15, 0.2) is 0 Å². The van der Waals surface area contributed by atoms with Crippen molar-refractivity contribution in [2.45, 2.75) is 26.1 Å². The van der Waals surface area contributed by atoms with Crippen LogP contribution in [0.25, 0.3) is 0 Å². The second kappa shape index (κ2) is 9.53. The number of ether oxygens (including phenoxy) is 3. The van der Waals surface area contributed by atoms with Gasteiger partial charge in [-0.05, 0) is 6.92 Å². The Morgan fingerprint density at radius 2 is 2.00 bits per heavy atom. The van der Waals surface area contributed by atoms with Gasteiger partial charge in [0.15, 0.2) is 0 Å². The molecule has 0 aromatic carbocycles. The highest BCUT2D eigenvalue weighted by molar-refractivity contribution is 5.65. The van der Waals surface area contributed by atoms with Gasteiger partial charge in [-0.3, -0.25) is 4.79 Å². The van der Waals surface area contributed by atoms with Crippen LogP contribution in [-0.4, -0.2) is 61.4 Å². The average Bonchev–Trinajstić information content (AvgIpc) is 2.24. The summed E-state index contributed by atoms with van der Waals surface area (Å²) in [5, 5.41) is 17.5. The highest BCUT2D eigenvalue weighted by atomic mass is 16.6. The minimum Gasteiger partial charge on any atom is -0.463 e. The van der Waals surface area contributed by atoms with Gasteiger partial charge in [0.2, 0.25) is 0 Å². The topological polar surface area (TPSA) is 85.2 Å². The quantitative estimate of drug-likeness (QED) is 0.408. The Kier molecular flexibility index (Phi) is 9.12. The normalized spacial score (nSPS) is 14.5. The van der Waals surface area contributed by atoms with E-state index in [4.69, 9.17) is 19.7 Å². The molecule has 0 amide bonds. The summed E-state index contributed by atoms with van der Waals surface area (Å²) >= 11 is 0. The zero-order valence-corrected chi connectivity index (χ0v) is 9.72. The molecular formula is C10H20O6. The summed E-state index contributed by atoms with van der Waals surface area (Å²) in [4.78, 5) is 10.4. The largest absolute Gasteiger partial charge is 0.463 e. The van der Waals surface area contributed by atoms with Gasteiger partial charge in [-0.1, -0.05) is 0 Å². The Bertz CT molecular complexity index is 184. The van der Waals surface area contributed by atoms with E-state index >= 15 is 0 Å². The standard InChI is InChI=1S/C10H20O6/c1-8(16-7-10(13)5-11)6-14-3-4-15-9(2)12/h8,10-11,13H,3-7H2,1-2H3. The molecular weight excluding hydrogens is 216 g/mol. The van der Waals surface area contributed by atoms with Gasteiger partial charge in [0.25, 0.3) is 0 Å². The zero-order valence-electron chi connectivity index (χ0n) is 9.72. The summed E-state index contributed by atoms with van der Waals surface area (Å²) in [5.41, 5.74) is 0. The van der Waals surface area contributed by atoms with E-state index in [1.165, 1.54) is 6.92 Å². The summed E-state index contributed by atoms with van der Waals surface area (Å²) < 4.78 is 15.0. The van der Waals surface area contributed by atoms with Crippen molar-refractivity contribution < 1.29 is 29.2 Å². The lowest BCUT2D eigenvalue weighted by molar-refractivity contribution is -0.143. The van der Waals surface area contributed by atoms with Gasteiger partial charge in [0.05, 0.1) is 32.5 Å². The number of esters is 1. The maximum absolute atomic E-state index is 10.4. The fourth-order valence-electron chi connectivity index (χ4n) is 0.870. The number of aliphatic hydroxyl groups is 2. The number of hydrogen-bond donors (Lipinski definition) is 2. The van der Waals surface area contributed by atoms with E-state index < -0.39 is 6.10 Å². The van der Waals surface area contributed by atoms with Gasteiger partial charge in [0.1, 0.15) is 12.7 Å². The van der Waals surface area contributed by atoms with Crippen LogP contribution in [0.2, 0.25) is 0 Å². The van der Waals surface area contributed by atoms with Crippen molar-refractivity contribution in [3.05, 3.63) is 0 Å². The third-order valence-corrected chi connectivity index (χ3v) is 1.67. The third-order valence-electron chi connectivity index (χ3n) is 1.67. The summed E-state index contributed by atoms with van der Waals surface area (Å²) in [7, 11) is 0. The number of aliphatic hydroxyl groups excluding tert-OH is 2. The fourth-order valence-corrected chi connectivity index (χ4v) is 0.870. The van der Waals surface area contributed by atoms with Crippen LogP contribution < -0.4 is 0 Å². The smallest absolute Gasteiger partial charge is 0.302 e. The van der Waals surface area contributed by atoms with Crippen LogP contribution >= 0.6 is 0 Å². The molecule has 16 heavy (non-hydrogen) atoms. The first-order chi connectivity index (χ1) is 7.56. The molecule has 0 aliphatic heterocycles. The summed E-state index contributed by atoms with van der Waals surface area (Å²) in [6.07, 6.45) is -1.04. The minimum absolute atomic E-state index is 0.0744. The predicted octanol–water partition coefficient (Wildman–Crippen LogP) is -0.676. The highest BCUT2D eigenvalue weighted by Crippen LogP contribution is 1.94. The Hall–Kier alpha value is -0.690. The predicted molar refractivity (Wildman–Crippen MR) is 56.0 cm³/mol. The van der Waals surface area contributed by atoms with Crippen molar-refractivity contribution in [2.24, 2.45) is 0 Å². The van der Waals surface area contributed by atoms with Crippen molar-refractivity contribution in [3.63, 3.8) is 0 Å². The Morgan fingerprint density at radius 1 is 1.31 bits per heavy atom. The monoisotopic (exact) mass is 236 g/mol. The van der Waals surface area contributed by atoms with Crippen LogP contribution in [0.4, 0.5) is 0 Å². The molecule has 0 rings (SSSR count). The lowest BCUT2D eigenvalue weighted by Gasteiger charge is -2.15. The lowest BCUT2D eigenvalue weighted by atomic mass is 10.4. The van der Waals surface area contributed by atoms with Crippen molar-refractivity contribution >= 4 is 5.97 Å². The van der Waals surface area contributed by atoms with Crippen LogP contribution in [0.5, 0.6) is 0 Å². The second-order valence-electron chi connectivity index (χ2n) is 3.40. The van der Waals surface area contributed by atoms with E-state index in [0.29, 0.717) is 13.2 Å². The summed E-state index contributed by atoms with van der Waals surface area (Å²) in [6, 6.07) is 0. The van der Waals surface area contributed by atoms with Gasteiger partial charge in [0, 0.05) is 6.92 Å². The summed E-state index contributed by atoms with van der Waals surface area (Å²) in [6.45, 7) is 3.76. The molecule has 0 saturated carbocycles. The van der Waals surface area contributed by atoms with Crippen molar-refractivity contribution in [3.8, 4) is 0 Å². The SMILES string of the molecule is CC(=O)OCCOCC(C)OCC(O)CO. The molecule has 0 saturated heterocycles. The van der Waals surface area contributed by atoms with Crippen LogP contribution in [-0.2, 0) is 19.0 Å². The molecule has 2 atom stereocenters. The van der Waals surface area contributed by atoms with E-state index in [-0.39, 0.29) is 31.9 Å². The Morgan fingerprint density at radius 3 is 2.56 bits per heavy atom. The number of carbonyl (C=O) groups excluding carboxylic acids is 1. The second-order valence-corrected chi connectivity index (χ2v) is 3.40. The number of hydrogen-bond acceptors (Lipinski definition) is 6. The molecule has 0 radical (unpaired) electrons. The maximum Gasteiger partial charge on any atom is 0.302 e. The molecule has 0 spiro atoms. The average molecular weight is 236 g/mol. The molecule has 0 aromatic rings. The fraction of sp³-hybridized carbons (Fsp3) is 0.900. The van der Waals surface area contributed by atoms with Crippen molar-refractivity contribution in [2.75, 3.05) is 33.0 Å². The van der Waals surface area contributed by atoms with E-state index in [1.54, 1.807) is 6.92 Å². The molecule has 6 nitrogen and oxygen atoms in total. The van der Waals surface area contributed by atoms with Crippen LogP contribution in [0, 0.1) is 0 Å². The molecule has 0 heterocycles. The Labute approximate surface area is 95.1 Å². The molecule has 0 aliphatic rings. The van der Waals surface area contributed by atoms with Crippen LogP contribution in [0.1, 0.15) is 13.8 Å². The lowest BCUT2D eigenvalue weighted by Crippen LogP contribution is -2.25. The van der Waals surface area contributed by atoms with E-state index in [0.717, 1.165) is 0 Å². The van der Waals surface area contributed by atoms with Gasteiger partial charge in [-0.25, -0.2) is 0 Å². The van der Waals surface area contributed by atoms with Gasteiger partial charge in [-0.15, -0.1) is 0 Å². The third kappa shape index (κ3) is 9.85. The van der Waals surface area contributed by atoms with Crippen LogP contribution in [0.3, 0.4) is 0 Å². The van der Waals surface area contributed by atoms with E-state index in [9.17, 15) is 4.79 Å². The molecule has 6 heteroatoms. The highest BCUT2D eigenvalue weighted by Gasteiger charge is 2.07. The zero-order chi connectivity index (χ0) is 12.4. The first-order valence-corrected chi connectivity index (χ1v) is 5.18. The van der Waals surface area contributed by atoms with Gasteiger partial charge < -0.3 is 24.4 Å². The molecule has 2 unspecified atom stereocenters. The molecule has 0 fully saturated rings. The molecule has 0 bridgehead atoms. The number of carbonyl (C=O) groups is 1. The first-order valence-electron chi connectivity index (χ1n) is 5.18. The Balaban J connectivity index is 3.30. The maximum atomic E-state index is 10.4. The van der Waals surface area contributed by atoms with E-state index in [2.05, 4.69) is 4.74 Å². The van der Waals surface area contributed by atoms with Gasteiger partial charge in [-0.2, -0.15) is 0 Å². The van der Waals surface area contributed by atoms with Crippen molar-refractivity contribution in [1.29, 1.82) is 0 Å². The first kappa shape index (κ1) is 15.3. The van der Waals surface area contributed by atoms with Crippen molar-refractivity contribution in [1.82, 2.24) is 0 Å². The minimum atomic E-state index is -0.858. The number of rotatable bonds is 9. The summed E-state index contributed by atoms with van der Waals surface area (Å²) in [5.74, 6) is -0.334. The van der Waals surface area contributed by atoms with E-state index in [1.807, 2.05) is 0 Å². The molecule has 96 valence electrons. The molecule has 2 N–H and O–H groups in total.